The molecule has 2 fully saturated rings. The van der Waals surface area contributed by atoms with Crippen LogP contribution in [0.15, 0.2) is 24.5 Å². The van der Waals surface area contributed by atoms with E-state index < -0.39 is 5.41 Å². The molecular formula is C19H28N4O3. The van der Waals surface area contributed by atoms with E-state index >= 15 is 0 Å². The van der Waals surface area contributed by atoms with Gasteiger partial charge >= 0.3 is 0 Å². The molecule has 0 spiro atoms. The second-order valence-corrected chi connectivity index (χ2v) is 7.10. The molecule has 0 radical (unpaired) electrons. The SMILES string of the molecule is CCN1CC[C@@]2(C(=O)Nc3cccnc3)CCN(C(=O)COC)CC[C@@H]12. The summed E-state index contributed by atoms with van der Waals surface area (Å²) in [4.78, 5) is 33.9. The number of likely N-dealkylation sites (tertiary alicyclic amines) is 2. The quantitative estimate of drug-likeness (QED) is 0.858. The highest BCUT2D eigenvalue weighted by atomic mass is 16.5. The molecule has 2 amide bonds. The predicted molar refractivity (Wildman–Crippen MR) is 98.6 cm³/mol. The third-order valence-corrected chi connectivity index (χ3v) is 5.82. The molecule has 142 valence electrons. The molecule has 1 aromatic heterocycles. The fourth-order valence-electron chi connectivity index (χ4n) is 4.40. The van der Waals surface area contributed by atoms with Crippen molar-refractivity contribution in [1.29, 1.82) is 0 Å². The molecule has 2 aliphatic rings. The number of carbonyl (C=O) groups excluding carboxylic acids is 2. The number of amides is 2. The number of methoxy groups -OCH3 is 1. The first-order chi connectivity index (χ1) is 12.6. The molecule has 2 aliphatic heterocycles. The molecule has 1 N–H and O–H groups in total. The Labute approximate surface area is 154 Å². The molecule has 2 saturated heterocycles. The average molecular weight is 360 g/mol. The molecule has 7 nitrogen and oxygen atoms in total. The predicted octanol–water partition coefficient (Wildman–Crippen LogP) is 1.37. The van der Waals surface area contributed by atoms with Crippen molar-refractivity contribution in [3.63, 3.8) is 0 Å². The molecule has 0 saturated carbocycles. The van der Waals surface area contributed by atoms with E-state index in [9.17, 15) is 9.59 Å². The van der Waals surface area contributed by atoms with Crippen molar-refractivity contribution in [3.05, 3.63) is 24.5 Å². The summed E-state index contributed by atoms with van der Waals surface area (Å²) in [6.07, 6.45) is 5.67. The summed E-state index contributed by atoms with van der Waals surface area (Å²) >= 11 is 0. The van der Waals surface area contributed by atoms with Gasteiger partial charge in [0, 0.05) is 32.4 Å². The first-order valence-corrected chi connectivity index (χ1v) is 9.33. The monoisotopic (exact) mass is 360 g/mol. The Balaban J connectivity index is 1.81. The Morgan fingerprint density at radius 3 is 2.85 bits per heavy atom. The van der Waals surface area contributed by atoms with Gasteiger partial charge in [-0.3, -0.25) is 19.5 Å². The summed E-state index contributed by atoms with van der Waals surface area (Å²) in [5.74, 6) is 0.0471. The minimum absolute atomic E-state index is 0.00154. The van der Waals surface area contributed by atoms with Crippen LogP contribution in [-0.2, 0) is 14.3 Å². The minimum Gasteiger partial charge on any atom is -0.375 e. The highest BCUT2D eigenvalue weighted by molar-refractivity contribution is 5.96. The number of hydrogen-bond donors (Lipinski definition) is 1. The fourth-order valence-corrected chi connectivity index (χ4v) is 4.40. The molecule has 26 heavy (non-hydrogen) atoms. The second kappa shape index (κ2) is 8.14. The lowest BCUT2D eigenvalue weighted by molar-refractivity contribution is -0.135. The van der Waals surface area contributed by atoms with Crippen molar-refractivity contribution in [2.24, 2.45) is 5.41 Å². The van der Waals surface area contributed by atoms with Gasteiger partial charge in [0.05, 0.1) is 17.3 Å². The maximum atomic E-state index is 13.3. The van der Waals surface area contributed by atoms with E-state index in [-0.39, 0.29) is 24.5 Å². The summed E-state index contributed by atoms with van der Waals surface area (Å²) in [7, 11) is 1.53. The van der Waals surface area contributed by atoms with Gasteiger partial charge < -0.3 is 15.0 Å². The van der Waals surface area contributed by atoms with E-state index in [1.54, 1.807) is 12.4 Å². The van der Waals surface area contributed by atoms with Crippen LogP contribution in [0.3, 0.4) is 0 Å². The average Bonchev–Trinajstić information content (AvgIpc) is 2.90. The number of carbonyl (C=O) groups is 2. The number of pyridine rings is 1. The largest absolute Gasteiger partial charge is 0.375 e. The van der Waals surface area contributed by atoms with Crippen molar-refractivity contribution in [1.82, 2.24) is 14.8 Å². The topological polar surface area (TPSA) is 74.8 Å². The summed E-state index contributed by atoms with van der Waals surface area (Å²) in [6, 6.07) is 3.83. The number of hydrogen-bond acceptors (Lipinski definition) is 5. The van der Waals surface area contributed by atoms with Crippen LogP contribution in [0.5, 0.6) is 0 Å². The van der Waals surface area contributed by atoms with Gasteiger partial charge in [-0.25, -0.2) is 0 Å². The molecular weight excluding hydrogens is 332 g/mol. The van der Waals surface area contributed by atoms with Gasteiger partial charge in [0.1, 0.15) is 6.61 Å². The molecule has 0 aromatic carbocycles. The zero-order valence-electron chi connectivity index (χ0n) is 15.6. The standard InChI is InChI=1S/C19H28N4O3/c1-3-22-11-7-19(18(25)21-15-5-4-9-20-13-15)8-12-23(10-6-16(19)22)17(24)14-26-2/h4-5,9,13,16H,3,6-8,10-12,14H2,1-2H3,(H,21,25)/t16-,19-/m1/s1. The van der Waals surface area contributed by atoms with E-state index in [1.165, 1.54) is 7.11 Å². The van der Waals surface area contributed by atoms with E-state index in [4.69, 9.17) is 4.74 Å². The smallest absolute Gasteiger partial charge is 0.248 e. The lowest BCUT2D eigenvalue weighted by atomic mass is 9.75. The number of rotatable bonds is 5. The van der Waals surface area contributed by atoms with Gasteiger partial charge in [-0.2, -0.15) is 0 Å². The van der Waals surface area contributed by atoms with E-state index in [0.717, 1.165) is 31.6 Å². The van der Waals surface area contributed by atoms with Crippen molar-refractivity contribution >= 4 is 17.5 Å². The van der Waals surface area contributed by atoms with E-state index in [1.807, 2.05) is 17.0 Å². The van der Waals surface area contributed by atoms with E-state index in [2.05, 4.69) is 22.1 Å². The molecule has 3 rings (SSSR count). The number of ether oxygens (including phenoxy) is 1. The summed E-state index contributed by atoms with van der Waals surface area (Å²) in [5, 5.41) is 3.06. The zero-order valence-corrected chi connectivity index (χ0v) is 15.6. The minimum atomic E-state index is -0.464. The summed E-state index contributed by atoms with van der Waals surface area (Å²) in [6.45, 7) is 5.33. The van der Waals surface area contributed by atoms with Crippen LogP contribution in [0, 0.1) is 5.41 Å². The maximum absolute atomic E-state index is 13.3. The van der Waals surface area contributed by atoms with Gasteiger partial charge in [0.2, 0.25) is 11.8 Å². The van der Waals surface area contributed by atoms with Crippen LogP contribution in [0.25, 0.3) is 0 Å². The van der Waals surface area contributed by atoms with Crippen LogP contribution >= 0.6 is 0 Å². The van der Waals surface area contributed by atoms with Crippen molar-refractivity contribution in [2.75, 3.05) is 45.2 Å². The van der Waals surface area contributed by atoms with Crippen LogP contribution < -0.4 is 5.32 Å². The molecule has 0 bridgehead atoms. The molecule has 7 heteroatoms. The van der Waals surface area contributed by atoms with Crippen LogP contribution in [0.1, 0.15) is 26.2 Å². The maximum Gasteiger partial charge on any atom is 0.248 e. The highest BCUT2D eigenvalue weighted by Gasteiger charge is 2.53. The molecule has 2 atom stereocenters. The van der Waals surface area contributed by atoms with Gasteiger partial charge in [0.15, 0.2) is 0 Å². The molecule has 0 aliphatic carbocycles. The lowest BCUT2D eigenvalue weighted by Crippen LogP contribution is -2.47. The Morgan fingerprint density at radius 1 is 1.35 bits per heavy atom. The van der Waals surface area contributed by atoms with Gasteiger partial charge in [-0.15, -0.1) is 0 Å². The van der Waals surface area contributed by atoms with Gasteiger partial charge in [-0.1, -0.05) is 6.92 Å². The van der Waals surface area contributed by atoms with Crippen LogP contribution in [-0.4, -0.2) is 72.5 Å². The third kappa shape index (κ3) is 3.59. The summed E-state index contributed by atoms with van der Waals surface area (Å²) in [5.41, 5.74) is 0.255. The van der Waals surface area contributed by atoms with Crippen molar-refractivity contribution in [3.8, 4) is 0 Å². The Kier molecular flexibility index (Phi) is 5.88. The van der Waals surface area contributed by atoms with Crippen molar-refractivity contribution < 1.29 is 14.3 Å². The Hall–Kier alpha value is -1.99. The van der Waals surface area contributed by atoms with Crippen LogP contribution in [0.2, 0.25) is 0 Å². The molecule has 0 unspecified atom stereocenters. The fraction of sp³-hybridized carbons (Fsp3) is 0.632. The Bertz CT molecular complexity index is 639. The molecule has 1 aromatic rings. The van der Waals surface area contributed by atoms with Crippen molar-refractivity contribution in [2.45, 2.75) is 32.2 Å². The zero-order chi connectivity index (χ0) is 18.6. The molecule has 3 heterocycles. The number of aromatic nitrogens is 1. The van der Waals surface area contributed by atoms with Gasteiger partial charge in [-0.05, 0) is 44.5 Å². The lowest BCUT2D eigenvalue weighted by Gasteiger charge is -2.35. The Morgan fingerprint density at radius 2 is 2.15 bits per heavy atom. The second-order valence-electron chi connectivity index (χ2n) is 7.10. The normalized spacial score (nSPS) is 26.2. The number of nitrogens with zero attached hydrogens (tertiary/aromatic N) is 3. The first kappa shape index (κ1) is 18.8. The third-order valence-electron chi connectivity index (χ3n) is 5.82. The number of anilines is 1. The number of fused-ring (bicyclic) bond motifs is 1. The van der Waals surface area contributed by atoms with Gasteiger partial charge in [0.25, 0.3) is 0 Å². The highest BCUT2D eigenvalue weighted by Crippen LogP contribution is 2.44. The first-order valence-electron chi connectivity index (χ1n) is 9.33. The summed E-state index contributed by atoms with van der Waals surface area (Å²) < 4.78 is 5.00. The van der Waals surface area contributed by atoms with Crippen LogP contribution in [0.4, 0.5) is 5.69 Å². The number of nitrogens with one attached hydrogen (secondary N) is 1. The van der Waals surface area contributed by atoms with E-state index in [0.29, 0.717) is 19.5 Å².